The molecule has 1 aromatic heterocycles. The van der Waals surface area contributed by atoms with Gasteiger partial charge in [-0.1, -0.05) is 48.2 Å². The highest BCUT2D eigenvalue weighted by Gasteiger charge is 2.14. The van der Waals surface area contributed by atoms with Gasteiger partial charge in [0.25, 0.3) is 5.56 Å². The number of ether oxygens (including phenoxy) is 2. The monoisotopic (exact) mass is 436 g/mol. The second-order valence-corrected chi connectivity index (χ2v) is 7.81. The van der Waals surface area contributed by atoms with Gasteiger partial charge in [-0.15, -0.1) is 0 Å². The van der Waals surface area contributed by atoms with Crippen LogP contribution in [0.3, 0.4) is 0 Å². The molecule has 3 aromatic carbocycles. The van der Waals surface area contributed by atoms with E-state index in [1.807, 2.05) is 30.3 Å². The number of rotatable bonds is 7. The largest absolute Gasteiger partial charge is 0.493 e. The zero-order valence-corrected chi connectivity index (χ0v) is 18.0. The second-order valence-electron chi connectivity index (χ2n) is 6.87. The molecule has 158 valence electrons. The van der Waals surface area contributed by atoms with E-state index >= 15 is 0 Å². The van der Waals surface area contributed by atoms with E-state index in [1.165, 1.54) is 17.8 Å². The van der Waals surface area contributed by atoms with Crippen molar-refractivity contribution in [1.29, 1.82) is 0 Å². The van der Waals surface area contributed by atoms with Gasteiger partial charge < -0.3 is 9.47 Å². The van der Waals surface area contributed by atoms with Crippen LogP contribution in [0.25, 0.3) is 10.9 Å². The van der Waals surface area contributed by atoms with Crippen molar-refractivity contribution >= 4 is 22.7 Å². The van der Waals surface area contributed by atoms with Crippen molar-refractivity contribution in [3.63, 3.8) is 0 Å². The molecule has 0 aliphatic carbocycles. The predicted molar refractivity (Wildman–Crippen MR) is 121 cm³/mol. The molecule has 0 amide bonds. The SMILES string of the molecule is COc1ccc(Cn2c(SCc3ccccc3F)nc3ccccc3c2=O)cc1OC. The first-order valence-corrected chi connectivity index (χ1v) is 10.7. The number of fused-ring (bicyclic) bond motifs is 1. The van der Waals surface area contributed by atoms with Crippen LogP contribution in [-0.4, -0.2) is 23.8 Å². The van der Waals surface area contributed by atoms with Gasteiger partial charge in [0.05, 0.1) is 31.7 Å². The Kier molecular flexibility index (Phi) is 6.23. The van der Waals surface area contributed by atoms with Gasteiger partial charge in [-0.3, -0.25) is 9.36 Å². The molecule has 31 heavy (non-hydrogen) atoms. The first kappa shape index (κ1) is 20.9. The van der Waals surface area contributed by atoms with Crippen LogP contribution in [0.15, 0.2) is 76.7 Å². The Balaban J connectivity index is 1.75. The van der Waals surface area contributed by atoms with Gasteiger partial charge in [-0.05, 0) is 41.5 Å². The van der Waals surface area contributed by atoms with E-state index in [0.717, 1.165) is 5.56 Å². The summed E-state index contributed by atoms with van der Waals surface area (Å²) in [6.45, 7) is 0.302. The Morgan fingerprint density at radius 3 is 2.48 bits per heavy atom. The van der Waals surface area contributed by atoms with E-state index in [-0.39, 0.29) is 11.4 Å². The zero-order valence-electron chi connectivity index (χ0n) is 17.2. The summed E-state index contributed by atoms with van der Waals surface area (Å²) in [5, 5.41) is 1.07. The van der Waals surface area contributed by atoms with Crippen molar-refractivity contribution in [2.75, 3.05) is 14.2 Å². The quantitative estimate of drug-likeness (QED) is 0.305. The maximum atomic E-state index is 14.1. The normalized spacial score (nSPS) is 10.9. The summed E-state index contributed by atoms with van der Waals surface area (Å²) in [6, 6.07) is 19.4. The number of nitrogens with zero attached hydrogens (tertiary/aromatic N) is 2. The van der Waals surface area contributed by atoms with Gasteiger partial charge in [0.1, 0.15) is 5.82 Å². The Labute approximate surface area is 183 Å². The predicted octanol–water partition coefficient (Wildman–Crippen LogP) is 4.89. The van der Waals surface area contributed by atoms with E-state index in [1.54, 1.807) is 49.1 Å². The maximum Gasteiger partial charge on any atom is 0.262 e. The molecular weight excluding hydrogens is 415 g/mol. The summed E-state index contributed by atoms with van der Waals surface area (Å²) in [4.78, 5) is 18.0. The molecule has 0 aliphatic heterocycles. The van der Waals surface area contributed by atoms with E-state index in [9.17, 15) is 9.18 Å². The lowest BCUT2D eigenvalue weighted by Crippen LogP contribution is -2.24. The highest BCUT2D eigenvalue weighted by Crippen LogP contribution is 2.29. The van der Waals surface area contributed by atoms with Crippen LogP contribution in [-0.2, 0) is 12.3 Å². The molecule has 0 fully saturated rings. The number of para-hydroxylation sites is 1. The van der Waals surface area contributed by atoms with Gasteiger partial charge >= 0.3 is 0 Å². The molecule has 0 spiro atoms. The van der Waals surface area contributed by atoms with E-state index < -0.39 is 0 Å². The molecule has 0 atom stereocenters. The number of halogens is 1. The number of hydrogen-bond acceptors (Lipinski definition) is 5. The van der Waals surface area contributed by atoms with Gasteiger partial charge in [-0.25, -0.2) is 9.37 Å². The third kappa shape index (κ3) is 4.41. The summed E-state index contributed by atoms with van der Waals surface area (Å²) >= 11 is 1.34. The van der Waals surface area contributed by atoms with Crippen LogP contribution in [0.1, 0.15) is 11.1 Å². The lowest BCUT2D eigenvalue weighted by atomic mass is 10.2. The van der Waals surface area contributed by atoms with Crippen molar-refractivity contribution in [2.24, 2.45) is 0 Å². The minimum Gasteiger partial charge on any atom is -0.493 e. The molecule has 5 nitrogen and oxygen atoms in total. The molecule has 0 saturated heterocycles. The third-order valence-electron chi connectivity index (χ3n) is 4.93. The van der Waals surface area contributed by atoms with E-state index in [0.29, 0.717) is 45.4 Å². The summed E-state index contributed by atoms with van der Waals surface area (Å²) in [7, 11) is 3.15. The van der Waals surface area contributed by atoms with E-state index in [2.05, 4.69) is 0 Å². The minimum atomic E-state index is -0.274. The van der Waals surface area contributed by atoms with Gasteiger partial charge in [0.2, 0.25) is 0 Å². The summed E-state index contributed by atoms with van der Waals surface area (Å²) in [5.41, 5.74) is 1.90. The lowest BCUT2D eigenvalue weighted by molar-refractivity contribution is 0.354. The van der Waals surface area contributed by atoms with Crippen molar-refractivity contribution in [3.05, 3.63) is 94.0 Å². The standard InChI is InChI=1S/C24H21FN2O3S/c1-29-21-12-11-16(13-22(21)30-2)14-27-23(28)18-8-4-6-10-20(18)26-24(27)31-15-17-7-3-5-9-19(17)25/h3-13H,14-15H2,1-2H3. The third-order valence-corrected chi connectivity index (χ3v) is 5.96. The Morgan fingerprint density at radius 1 is 0.968 bits per heavy atom. The van der Waals surface area contributed by atoms with Crippen molar-refractivity contribution in [3.8, 4) is 11.5 Å². The molecule has 0 saturated carbocycles. The number of thioether (sulfide) groups is 1. The average Bonchev–Trinajstić information content (AvgIpc) is 2.80. The molecular formula is C24H21FN2O3S. The molecule has 0 unspecified atom stereocenters. The van der Waals surface area contributed by atoms with Crippen LogP contribution in [0.2, 0.25) is 0 Å². The smallest absolute Gasteiger partial charge is 0.262 e. The highest BCUT2D eigenvalue weighted by atomic mass is 32.2. The minimum absolute atomic E-state index is 0.142. The number of methoxy groups -OCH3 is 2. The number of benzene rings is 3. The molecule has 0 radical (unpaired) electrons. The van der Waals surface area contributed by atoms with Crippen molar-refractivity contribution < 1.29 is 13.9 Å². The molecule has 4 aromatic rings. The maximum absolute atomic E-state index is 14.1. The second kappa shape index (κ2) is 9.22. The first-order valence-electron chi connectivity index (χ1n) is 9.67. The van der Waals surface area contributed by atoms with Crippen molar-refractivity contribution in [1.82, 2.24) is 9.55 Å². The fourth-order valence-corrected chi connectivity index (χ4v) is 4.30. The Bertz CT molecular complexity index is 1290. The Morgan fingerprint density at radius 2 is 1.71 bits per heavy atom. The van der Waals surface area contributed by atoms with E-state index in [4.69, 9.17) is 14.5 Å². The fourth-order valence-electron chi connectivity index (χ4n) is 3.32. The van der Waals surface area contributed by atoms with Crippen LogP contribution in [0, 0.1) is 5.82 Å². The fraction of sp³-hybridized carbons (Fsp3) is 0.167. The van der Waals surface area contributed by atoms with Gasteiger partial charge in [-0.2, -0.15) is 0 Å². The first-order chi connectivity index (χ1) is 15.1. The highest BCUT2D eigenvalue weighted by molar-refractivity contribution is 7.98. The number of hydrogen-bond donors (Lipinski definition) is 0. The van der Waals surface area contributed by atoms with Gasteiger partial charge in [0.15, 0.2) is 16.7 Å². The average molecular weight is 437 g/mol. The van der Waals surface area contributed by atoms with Gasteiger partial charge in [0, 0.05) is 5.75 Å². The summed E-state index contributed by atoms with van der Waals surface area (Å²) in [5.74, 6) is 1.29. The lowest BCUT2D eigenvalue weighted by Gasteiger charge is -2.15. The topological polar surface area (TPSA) is 53.4 Å². The zero-order chi connectivity index (χ0) is 21.8. The molecule has 4 rings (SSSR count). The van der Waals surface area contributed by atoms with Crippen LogP contribution in [0.5, 0.6) is 11.5 Å². The van der Waals surface area contributed by atoms with Crippen LogP contribution >= 0.6 is 11.8 Å². The van der Waals surface area contributed by atoms with Crippen LogP contribution < -0.4 is 15.0 Å². The Hall–Kier alpha value is -3.32. The molecule has 1 heterocycles. The summed E-state index contributed by atoms with van der Waals surface area (Å²) < 4.78 is 26.4. The number of aromatic nitrogens is 2. The molecule has 7 heteroatoms. The molecule has 0 aliphatic rings. The molecule has 0 bridgehead atoms. The summed E-state index contributed by atoms with van der Waals surface area (Å²) in [6.07, 6.45) is 0. The molecule has 0 N–H and O–H groups in total. The van der Waals surface area contributed by atoms with Crippen molar-refractivity contribution in [2.45, 2.75) is 17.5 Å². The van der Waals surface area contributed by atoms with Crippen LogP contribution in [0.4, 0.5) is 4.39 Å².